The second kappa shape index (κ2) is 3.65. The van der Waals surface area contributed by atoms with Gasteiger partial charge < -0.3 is 4.98 Å². The lowest BCUT2D eigenvalue weighted by Gasteiger charge is -2.03. The first kappa shape index (κ1) is 9.43. The van der Waals surface area contributed by atoms with Crippen molar-refractivity contribution in [1.29, 1.82) is 0 Å². The molecule has 0 amide bonds. The largest absolute Gasteiger partial charge is 0.346 e. The highest BCUT2D eigenvalue weighted by Crippen LogP contribution is 2.27. The summed E-state index contributed by atoms with van der Waals surface area (Å²) in [5, 5.41) is 1.88. The van der Waals surface area contributed by atoms with Gasteiger partial charge in [-0.15, -0.1) is 0 Å². The molecule has 0 unspecified atom stereocenters. The van der Waals surface area contributed by atoms with Gasteiger partial charge in [0.05, 0.1) is 0 Å². The maximum absolute atomic E-state index is 5.88. The molecule has 0 fully saturated rings. The second-order valence-electron chi connectivity index (χ2n) is 3.61. The molecule has 2 nitrogen and oxygen atoms in total. The first-order valence-corrected chi connectivity index (χ1v) is 5.40. The Morgan fingerprint density at radius 3 is 2.62 bits per heavy atom. The third-order valence-corrected chi connectivity index (χ3v) is 2.87. The molecule has 78 valence electrons. The summed E-state index contributed by atoms with van der Waals surface area (Å²) >= 11 is 5.88. The van der Waals surface area contributed by atoms with Gasteiger partial charge >= 0.3 is 0 Å². The zero-order valence-electron chi connectivity index (χ0n) is 8.44. The molecule has 0 bridgehead atoms. The van der Waals surface area contributed by atoms with Crippen molar-refractivity contribution >= 4 is 22.6 Å². The summed E-state index contributed by atoms with van der Waals surface area (Å²) in [5.74, 6) is 0. The molecule has 0 radical (unpaired) electrons. The van der Waals surface area contributed by atoms with Crippen LogP contribution in [-0.2, 0) is 0 Å². The quantitative estimate of drug-likeness (QED) is 0.673. The van der Waals surface area contributed by atoms with Crippen LogP contribution in [0.25, 0.3) is 22.2 Å². The Balaban J connectivity index is 2.25. The van der Waals surface area contributed by atoms with Gasteiger partial charge in [-0.3, -0.25) is 0 Å². The Labute approximate surface area is 97.9 Å². The van der Waals surface area contributed by atoms with Gasteiger partial charge in [0.2, 0.25) is 0 Å². The van der Waals surface area contributed by atoms with Crippen LogP contribution in [0, 0.1) is 0 Å². The Morgan fingerprint density at radius 1 is 1.00 bits per heavy atom. The summed E-state index contributed by atoms with van der Waals surface area (Å²) in [4.78, 5) is 7.37. The van der Waals surface area contributed by atoms with Crippen molar-refractivity contribution in [3.05, 3.63) is 53.8 Å². The van der Waals surface area contributed by atoms with E-state index in [-0.39, 0.29) is 0 Å². The Morgan fingerprint density at radius 2 is 1.81 bits per heavy atom. The molecule has 0 saturated carbocycles. The first-order valence-electron chi connectivity index (χ1n) is 5.02. The molecule has 1 N–H and O–H groups in total. The lowest BCUT2D eigenvalue weighted by molar-refractivity contribution is 1.33. The van der Waals surface area contributed by atoms with Gasteiger partial charge in [-0.2, -0.15) is 0 Å². The average Bonchev–Trinajstić information content (AvgIpc) is 2.78. The average molecular weight is 229 g/mol. The first-order chi connectivity index (χ1) is 7.84. The van der Waals surface area contributed by atoms with Crippen LogP contribution in [0.5, 0.6) is 0 Å². The van der Waals surface area contributed by atoms with Gasteiger partial charge in [0, 0.05) is 22.8 Å². The van der Waals surface area contributed by atoms with Crippen molar-refractivity contribution in [2.24, 2.45) is 0 Å². The summed E-state index contributed by atoms with van der Waals surface area (Å²) in [5.41, 5.74) is 3.23. The van der Waals surface area contributed by atoms with E-state index in [0.29, 0.717) is 0 Å². The molecule has 1 aromatic carbocycles. The highest BCUT2D eigenvalue weighted by atomic mass is 35.5. The summed E-state index contributed by atoms with van der Waals surface area (Å²) in [6.45, 7) is 0. The zero-order chi connectivity index (χ0) is 11.0. The Hall–Kier alpha value is -1.80. The lowest BCUT2D eigenvalue weighted by Crippen LogP contribution is -1.81. The molecule has 2 heterocycles. The number of aromatic nitrogens is 2. The minimum Gasteiger partial charge on any atom is -0.346 e. The van der Waals surface area contributed by atoms with Crippen LogP contribution in [0.2, 0.25) is 5.02 Å². The van der Waals surface area contributed by atoms with Crippen LogP contribution >= 0.6 is 11.6 Å². The lowest BCUT2D eigenvalue weighted by atomic mass is 10.0. The predicted molar refractivity (Wildman–Crippen MR) is 66.5 cm³/mol. The van der Waals surface area contributed by atoms with Gasteiger partial charge in [-0.1, -0.05) is 23.7 Å². The van der Waals surface area contributed by atoms with E-state index in [2.05, 4.69) is 9.97 Å². The fourth-order valence-electron chi connectivity index (χ4n) is 1.84. The van der Waals surface area contributed by atoms with Crippen LogP contribution in [0.3, 0.4) is 0 Å². The topological polar surface area (TPSA) is 28.7 Å². The molecular weight excluding hydrogens is 220 g/mol. The van der Waals surface area contributed by atoms with Crippen LogP contribution in [0.15, 0.2) is 48.8 Å². The molecule has 3 heteroatoms. The normalized spacial score (nSPS) is 10.8. The maximum Gasteiger partial charge on any atom is 0.137 e. The van der Waals surface area contributed by atoms with Crippen molar-refractivity contribution in [2.75, 3.05) is 0 Å². The zero-order valence-corrected chi connectivity index (χ0v) is 9.20. The Kier molecular flexibility index (Phi) is 2.15. The number of H-pyrrole nitrogens is 1. The molecule has 0 saturated heterocycles. The molecule has 0 spiro atoms. The SMILES string of the molecule is Clc1ccc(-c2ccnc3[nH]ccc23)cc1. The van der Waals surface area contributed by atoms with E-state index in [1.807, 2.05) is 48.8 Å². The minimum atomic E-state index is 0.753. The number of benzene rings is 1. The summed E-state index contributed by atoms with van der Waals surface area (Å²) < 4.78 is 0. The van der Waals surface area contributed by atoms with E-state index in [1.165, 1.54) is 5.56 Å². The molecular formula is C13H9ClN2. The number of hydrogen-bond donors (Lipinski definition) is 1. The van der Waals surface area contributed by atoms with Gasteiger partial charge in [-0.05, 0) is 35.4 Å². The van der Waals surface area contributed by atoms with Crippen molar-refractivity contribution in [1.82, 2.24) is 9.97 Å². The smallest absolute Gasteiger partial charge is 0.137 e. The molecule has 2 aromatic heterocycles. The van der Waals surface area contributed by atoms with E-state index >= 15 is 0 Å². The fraction of sp³-hybridized carbons (Fsp3) is 0. The number of rotatable bonds is 1. The number of aromatic amines is 1. The number of hydrogen-bond acceptors (Lipinski definition) is 1. The number of pyridine rings is 1. The van der Waals surface area contributed by atoms with Crippen molar-refractivity contribution in [3.63, 3.8) is 0 Å². The third kappa shape index (κ3) is 1.48. The fourth-order valence-corrected chi connectivity index (χ4v) is 1.97. The van der Waals surface area contributed by atoms with E-state index in [1.54, 1.807) is 0 Å². The van der Waals surface area contributed by atoms with E-state index < -0.39 is 0 Å². The molecule has 3 aromatic rings. The van der Waals surface area contributed by atoms with Crippen LogP contribution in [-0.4, -0.2) is 9.97 Å². The molecule has 16 heavy (non-hydrogen) atoms. The molecule has 0 aliphatic carbocycles. The molecule has 0 aliphatic heterocycles. The van der Waals surface area contributed by atoms with Gasteiger partial charge in [0.1, 0.15) is 5.65 Å². The highest BCUT2D eigenvalue weighted by Gasteiger charge is 2.04. The van der Waals surface area contributed by atoms with Crippen molar-refractivity contribution in [3.8, 4) is 11.1 Å². The van der Waals surface area contributed by atoms with E-state index in [9.17, 15) is 0 Å². The predicted octanol–water partition coefficient (Wildman–Crippen LogP) is 3.88. The summed E-state index contributed by atoms with van der Waals surface area (Å²) in [7, 11) is 0. The van der Waals surface area contributed by atoms with E-state index in [0.717, 1.165) is 21.6 Å². The number of nitrogens with one attached hydrogen (secondary N) is 1. The van der Waals surface area contributed by atoms with Crippen molar-refractivity contribution < 1.29 is 0 Å². The minimum absolute atomic E-state index is 0.753. The van der Waals surface area contributed by atoms with Gasteiger partial charge in [0.25, 0.3) is 0 Å². The van der Waals surface area contributed by atoms with Crippen LogP contribution in [0.1, 0.15) is 0 Å². The standard InChI is InChI=1S/C13H9ClN2/c14-10-3-1-9(2-4-10)11-5-7-15-13-12(11)6-8-16-13/h1-8H,(H,15,16). The number of nitrogens with zero attached hydrogens (tertiary/aromatic N) is 1. The van der Waals surface area contributed by atoms with Gasteiger partial charge in [-0.25, -0.2) is 4.98 Å². The maximum atomic E-state index is 5.88. The van der Waals surface area contributed by atoms with Crippen molar-refractivity contribution in [2.45, 2.75) is 0 Å². The monoisotopic (exact) mass is 228 g/mol. The van der Waals surface area contributed by atoms with Gasteiger partial charge in [0.15, 0.2) is 0 Å². The molecule has 0 atom stereocenters. The second-order valence-corrected chi connectivity index (χ2v) is 4.04. The molecule has 3 rings (SSSR count). The number of fused-ring (bicyclic) bond motifs is 1. The van der Waals surface area contributed by atoms with Crippen LogP contribution < -0.4 is 0 Å². The third-order valence-electron chi connectivity index (χ3n) is 2.62. The highest BCUT2D eigenvalue weighted by molar-refractivity contribution is 6.30. The molecule has 0 aliphatic rings. The van der Waals surface area contributed by atoms with Crippen LogP contribution in [0.4, 0.5) is 0 Å². The summed E-state index contributed by atoms with van der Waals surface area (Å²) in [6.07, 6.45) is 3.71. The number of halogens is 1. The van der Waals surface area contributed by atoms with E-state index in [4.69, 9.17) is 11.6 Å². The summed E-state index contributed by atoms with van der Waals surface area (Å²) in [6, 6.07) is 11.9. The Bertz CT molecular complexity index is 626.